The first-order valence-corrected chi connectivity index (χ1v) is 11.3. The molecule has 1 N–H and O–H groups in total. The van der Waals surface area contributed by atoms with E-state index in [2.05, 4.69) is 5.32 Å². The fraction of sp³-hybridized carbons (Fsp3) is 0.684. The van der Waals surface area contributed by atoms with Crippen LogP contribution >= 0.6 is 0 Å². The van der Waals surface area contributed by atoms with Gasteiger partial charge in [0.1, 0.15) is 29.4 Å². The van der Waals surface area contributed by atoms with Gasteiger partial charge in [0.25, 0.3) is 0 Å². The molecular formula is C19H27NO6S. The van der Waals surface area contributed by atoms with Crippen LogP contribution in [-0.4, -0.2) is 44.1 Å². The summed E-state index contributed by atoms with van der Waals surface area (Å²) in [7, 11) is -3.78. The van der Waals surface area contributed by atoms with E-state index in [0.717, 1.165) is 32.1 Å². The first-order valence-electron chi connectivity index (χ1n) is 9.55. The molecule has 1 aliphatic heterocycles. The Morgan fingerprint density at radius 3 is 2.63 bits per heavy atom. The lowest BCUT2D eigenvalue weighted by Crippen LogP contribution is -2.50. The number of amides is 1. The van der Waals surface area contributed by atoms with E-state index in [1.54, 1.807) is 19.1 Å². The number of ether oxygens (including phenoxy) is 1. The number of ketones is 1. The summed E-state index contributed by atoms with van der Waals surface area (Å²) in [5, 5.41) is 1.44. The summed E-state index contributed by atoms with van der Waals surface area (Å²) in [5.41, 5.74) is 0. The summed E-state index contributed by atoms with van der Waals surface area (Å²) in [4.78, 5) is 24.8. The highest BCUT2D eigenvalue weighted by atomic mass is 32.2. The van der Waals surface area contributed by atoms with Gasteiger partial charge in [-0.1, -0.05) is 32.1 Å². The largest absolute Gasteiger partial charge is 0.468 e. The van der Waals surface area contributed by atoms with Gasteiger partial charge in [-0.15, -0.1) is 0 Å². The van der Waals surface area contributed by atoms with Crippen LogP contribution in [0.2, 0.25) is 0 Å². The zero-order valence-corrected chi connectivity index (χ0v) is 16.4. The van der Waals surface area contributed by atoms with Gasteiger partial charge >= 0.3 is 0 Å². The van der Waals surface area contributed by atoms with Gasteiger partial charge in [0.05, 0.1) is 12.4 Å². The van der Waals surface area contributed by atoms with E-state index in [0.29, 0.717) is 5.76 Å². The number of furan rings is 1. The van der Waals surface area contributed by atoms with Crippen LogP contribution in [0.3, 0.4) is 0 Å². The van der Waals surface area contributed by atoms with E-state index < -0.39 is 33.1 Å². The van der Waals surface area contributed by atoms with E-state index in [4.69, 9.17) is 9.15 Å². The van der Waals surface area contributed by atoms with Crippen LogP contribution in [0.25, 0.3) is 0 Å². The van der Waals surface area contributed by atoms with Gasteiger partial charge in [-0.3, -0.25) is 9.59 Å². The lowest BCUT2D eigenvalue weighted by Gasteiger charge is -2.27. The summed E-state index contributed by atoms with van der Waals surface area (Å²) in [6, 6.07) is 2.42. The third kappa shape index (κ3) is 4.99. The molecule has 0 bridgehead atoms. The molecule has 1 aromatic heterocycles. The van der Waals surface area contributed by atoms with Gasteiger partial charge in [-0.25, -0.2) is 8.42 Å². The normalized spacial score (nSPS) is 25.4. The second-order valence-electron chi connectivity index (χ2n) is 7.58. The van der Waals surface area contributed by atoms with Crippen LogP contribution in [0.1, 0.15) is 51.2 Å². The minimum atomic E-state index is -3.78. The summed E-state index contributed by atoms with van der Waals surface area (Å²) < 4.78 is 36.4. The van der Waals surface area contributed by atoms with Crippen LogP contribution in [0.4, 0.5) is 0 Å². The van der Waals surface area contributed by atoms with Crippen LogP contribution in [-0.2, 0) is 29.9 Å². The van der Waals surface area contributed by atoms with Gasteiger partial charge in [0, 0.05) is 0 Å². The van der Waals surface area contributed by atoms with Crippen molar-refractivity contribution in [1.29, 1.82) is 0 Å². The summed E-state index contributed by atoms with van der Waals surface area (Å²) in [6.07, 6.45) is 6.38. The lowest BCUT2D eigenvalue weighted by molar-refractivity contribution is -0.126. The maximum absolute atomic E-state index is 13.0. The SMILES string of the molecule is C[C@H]1OCC(=O)[C@@H]1NC(=O)[C@@H](CC1CCCCC1)S(=O)(=O)Cc1ccco1. The molecule has 2 fully saturated rings. The van der Waals surface area contributed by atoms with Gasteiger partial charge in [0.2, 0.25) is 5.91 Å². The first kappa shape index (κ1) is 20.1. The number of carbonyl (C=O) groups excluding carboxylic acids is 2. The molecule has 3 rings (SSSR count). The number of Topliss-reactive ketones (excluding diaryl/α,β-unsaturated/α-hetero) is 1. The van der Waals surface area contributed by atoms with Crippen molar-refractivity contribution in [2.45, 2.75) is 68.6 Å². The molecular weight excluding hydrogens is 370 g/mol. The predicted octanol–water partition coefficient (Wildman–Crippen LogP) is 2.01. The molecule has 150 valence electrons. The smallest absolute Gasteiger partial charge is 0.239 e. The van der Waals surface area contributed by atoms with Gasteiger partial charge in [-0.2, -0.15) is 0 Å². The number of carbonyl (C=O) groups is 2. The highest BCUT2D eigenvalue weighted by Crippen LogP contribution is 2.30. The van der Waals surface area contributed by atoms with Crippen molar-refractivity contribution in [1.82, 2.24) is 5.32 Å². The third-order valence-corrected chi connectivity index (χ3v) is 7.48. The number of hydrogen-bond donors (Lipinski definition) is 1. The van der Waals surface area contributed by atoms with Crippen molar-refractivity contribution in [2.75, 3.05) is 6.61 Å². The van der Waals surface area contributed by atoms with E-state index in [9.17, 15) is 18.0 Å². The van der Waals surface area contributed by atoms with Crippen molar-refractivity contribution >= 4 is 21.5 Å². The van der Waals surface area contributed by atoms with E-state index in [1.165, 1.54) is 6.26 Å². The Bertz CT molecular complexity index is 751. The van der Waals surface area contributed by atoms with Crippen molar-refractivity contribution in [3.8, 4) is 0 Å². The molecule has 1 amide bonds. The molecule has 0 aromatic carbocycles. The van der Waals surface area contributed by atoms with Crippen LogP contribution in [0.5, 0.6) is 0 Å². The molecule has 0 radical (unpaired) electrons. The average Bonchev–Trinajstić information content (AvgIpc) is 3.25. The number of rotatable bonds is 7. The molecule has 0 spiro atoms. The maximum Gasteiger partial charge on any atom is 0.239 e. The molecule has 27 heavy (non-hydrogen) atoms. The van der Waals surface area contributed by atoms with Crippen LogP contribution in [0.15, 0.2) is 22.8 Å². The molecule has 1 aliphatic carbocycles. The Hall–Kier alpha value is -1.67. The molecule has 1 saturated heterocycles. The van der Waals surface area contributed by atoms with Crippen molar-refractivity contribution < 1.29 is 27.2 Å². The summed E-state index contributed by atoms with van der Waals surface area (Å²) in [6.45, 7) is 1.64. The van der Waals surface area contributed by atoms with E-state index in [-0.39, 0.29) is 30.5 Å². The lowest BCUT2D eigenvalue weighted by atomic mass is 9.86. The zero-order valence-electron chi connectivity index (χ0n) is 15.6. The quantitative estimate of drug-likeness (QED) is 0.755. The van der Waals surface area contributed by atoms with Crippen LogP contribution in [0, 0.1) is 5.92 Å². The Kier molecular flexibility index (Phi) is 6.37. The summed E-state index contributed by atoms with van der Waals surface area (Å²) in [5.74, 6) is -0.646. The predicted molar refractivity (Wildman–Crippen MR) is 98.7 cm³/mol. The Balaban J connectivity index is 1.77. The highest BCUT2D eigenvalue weighted by molar-refractivity contribution is 7.92. The van der Waals surface area contributed by atoms with Gasteiger partial charge in [-0.05, 0) is 31.4 Å². The van der Waals surface area contributed by atoms with Gasteiger partial charge < -0.3 is 14.5 Å². The van der Waals surface area contributed by atoms with Crippen molar-refractivity contribution in [2.24, 2.45) is 5.92 Å². The number of hydrogen-bond acceptors (Lipinski definition) is 6. The third-order valence-electron chi connectivity index (χ3n) is 5.52. The second-order valence-corrected chi connectivity index (χ2v) is 9.77. The zero-order chi connectivity index (χ0) is 19.4. The minimum absolute atomic E-state index is 0.0570. The Labute approximate surface area is 159 Å². The molecule has 8 heteroatoms. The number of sulfone groups is 1. The molecule has 2 aliphatic rings. The van der Waals surface area contributed by atoms with E-state index >= 15 is 0 Å². The molecule has 1 aromatic rings. The van der Waals surface area contributed by atoms with Gasteiger partial charge in [0.15, 0.2) is 15.6 Å². The van der Waals surface area contributed by atoms with Crippen molar-refractivity contribution in [3.63, 3.8) is 0 Å². The van der Waals surface area contributed by atoms with E-state index in [1.807, 2.05) is 0 Å². The van der Waals surface area contributed by atoms with Crippen LogP contribution < -0.4 is 5.32 Å². The highest BCUT2D eigenvalue weighted by Gasteiger charge is 2.40. The first-order chi connectivity index (χ1) is 12.9. The second kappa shape index (κ2) is 8.56. The molecule has 1 saturated carbocycles. The maximum atomic E-state index is 13.0. The fourth-order valence-electron chi connectivity index (χ4n) is 3.94. The van der Waals surface area contributed by atoms with Crippen molar-refractivity contribution in [3.05, 3.63) is 24.2 Å². The Morgan fingerprint density at radius 1 is 1.30 bits per heavy atom. The fourth-order valence-corrected chi connectivity index (χ4v) is 5.66. The minimum Gasteiger partial charge on any atom is -0.468 e. The monoisotopic (exact) mass is 397 g/mol. The molecule has 3 atom stereocenters. The molecule has 7 nitrogen and oxygen atoms in total. The number of nitrogens with one attached hydrogen (secondary N) is 1. The molecule has 0 unspecified atom stereocenters. The average molecular weight is 397 g/mol. The molecule has 2 heterocycles. The summed E-state index contributed by atoms with van der Waals surface area (Å²) >= 11 is 0. The Morgan fingerprint density at radius 2 is 2.04 bits per heavy atom. The topological polar surface area (TPSA) is 103 Å². The standard InChI is InChI=1S/C19H27NO6S/c1-13-18(16(21)11-26-13)20-19(22)17(10-14-6-3-2-4-7-14)27(23,24)12-15-8-5-9-25-15/h5,8-9,13-14,17-18H,2-4,6-7,10-12H2,1H3,(H,20,22)/t13-,17-,18-/m1/s1.